The lowest BCUT2D eigenvalue weighted by molar-refractivity contribution is -0.149. The van der Waals surface area contributed by atoms with Gasteiger partial charge >= 0.3 is 0 Å². The number of carbonyl (C=O) groups is 3. The Balaban J connectivity index is 1.33. The van der Waals surface area contributed by atoms with E-state index in [1.807, 2.05) is 0 Å². The summed E-state index contributed by atoms with van der Waals surface area (Å²) in [6, 6.07) is 17.1. The number of imide groups is 1. The summed E-state index contributed by atoms with van der Waals surface area (Å²) in [4.78, 5) is 38.4. The molecule has 0 unspecified atom stereocenters. The molecule has 0 aromatic heterocycles. The van der Waals surface area contributed by atoms with Crippen molar-refractivity contribution in [2.75, 3.05) is 33.2 Å². The van der Waals surface area contributed by atoms with E-state index in [1.165, 1.54) is 29.3 Å². The standard InChI is InChI=1S/C25H31N3O3/c1-19-6-3-4-8-22(19)16-21-12-10-20(11-13-21)7-5-9-23(29)26-14-15-28-17-24(30)27(2)25(31)18-28/h3-4,6,8,10-13H,5,7,9,14-18H2,1-2H3,(H,26,29). The van der Waals surface area contributed by atoms with Crippen molar-refractivity contribution in [2.24, 2.45) is 0 Å². The molecule has 31 heavy (non-hydrogen) atoms. The fourth-order valence-corrected chi connectivity index (χ4v) is 3.69. The number of nitrogens with one attached hydrogen (secondary N) is 1. The summed E-state index contributed by atoms with van der Waals surface area (Å²) in [5, 5.41) is 2.88. The molecule has 0 spiro atoms. The molecule has 0 saturated carbocycles. The van der Waals surface area contributed by atoms with Gasteiger partial charge in [-0.3, -0.25) is 24.2 Å². The Hall–Kier alpha value is -2.99. The first-order valence-corrected chi connectivity index (χ1v) is 10.8. The Morgan fingerprint density at radius 2 is 1.61 bits per heavy atom. The first-order valence-electron chi connectivity index (χ1n) is 10.8. The van der Waals surface area contributed by atoms with Crippen LogP contribution in [0.4, 0.5) is 0 Å². The van der Waals surface area contributed by atoms with Gasteiger partial charge in [-0.25, -0.2) is 0 Å². The molecule has 2 aromatic carbocycles. The van der Waals surface area contributed by atoms with Crippen LogP contribution in [0.5, 0.6) is 0 Å². The van der Waals surface area contributed by atoms with E-state index in [2.05, 4.69) is 60.8 Å². The van der Waals surface area contributed by atoms with Crippen molar-refractivity contribution in [3.05, 3.63) is 70.8 Å². The first-order chi connectivity index (χ1) is 14.9. The summed E-state index contributed by atoms with van der Waals surface area (Å²) < 4.78 is 0. The highest BCUT2D eigenvalue weighted by atomic mass is 16.2. The Morgan fingerprint density at radius 1 is 0.968 bits per heavy atom. The van der Waals surface area contributed by atoms with Crippen LogP contribution in [0.2, 0.25) is 0 Å². The summed E-state index contributed by atoms with van der Waals surface area (Å²) in [6.45, 7) is 3.52. The summed E-state index contributed by atoms with van der Waals surface area (Å²) in [6.07, 6.45) is 3.04. The Bertz CT molecular complexity index is 906. The zero-order valence-corrected chi connectivity index (χ0v) is 18.4. The number of nitrogens with zero attached hydrogens (tertiary/aromatic N) is 2. The third-order valence-electron chi connectivity index (χ3n) is 5.76. The molecule has 1 aliphatic rings. The van der Waals surface area contributed by atoms with E-state index >= 15 is 0 Å². The van der Waals surface area contributed by atoms with Gasteiger partial charge in [0.05, 0.1) is 13.1 Å². The second kappa shape index (κ2) is 10.9. The van der Waals surface area contributed by atoms with Crippen LogP contribution in [-0.2, 0) is 27.2 Å². The molecule has 0 atom stereocenters. The van der Waals surface area contributed by atoms with E-state index in [4.69, 9.17) is 0 Å². The number of likely N-dealkylation sites (N-methyl/N-ethyl adjacent to an activating group) is 1. The molecule has 3 rings (SSSR count). The highest BCUT2D eigenvalue weighted by Gasteiger charge is 2.27. The smallest absolute Gasteiger partial charge is 0.243 e. The lowest BCUT2D eigenvalue weighted by Gasteiger charge is -2.30. The van der Waals surface area contributed by atoms with Crippen LogP contribution < -0.4 is 5.32 Å². The lowest BCUT2D eigenvalue weighted by atomic mass is 9.99. The average Bonchev–Trinajstić information content (AvgIpc) is 2.75. The van der Waals surface area contributed by atoms with Crippen molar-refractivity contribution in [1.82, 2.24) is 15.1 Å². The molecule has 1 fully saturated rings. The molecule has 1 aliphatic heterocycles. The highest BCUT2D eigenvalue weighted by molar-refractivity contribution is 5.99. The summed E-state index contributed by atoms with van der Waals surface area (Å²) in [5.41, 5.74) is 5.17. The van der Waals surface area contributed by atoms with Crippen LogP contribution in [0, 0.1) is 6.92 Å². The van der Waals surface area contributed by atoms with Gasteiger partial charge in [0.1, 0.15) is 0 Å². The van der Waals surface area contributed by atoms with Crippen molar-refractivity contribution >= 4 is 17.7 Å². The third-order valence-corrected chi connectivity index (χ3v) is 5.76. The zero-order chi connectivity index (χ0) is 22.2. The van der Waals surface area contributed by atoms with Crippen molar-refractivity contribution in [2.45, 2.75) is 32.6 Å². The molecule has 6 nitrogen and oxygen atoms in total. The van der Waals surface area contributed by atoms with E-state index in [1.54, 1.807) is 4.90 Å². The second-order valence-corrected chi connectivity index (χ2v) is 8.18. The molecule has 0 bridgehead atoms. The maximum atomic E-state index is 12.1. The van der Waals surface area contributed by atoms with Gasteiger partial charge in [0.2, 0.25) is 17.7 Å². The maximum Gasteiger partial charge on any atom is 0.243 e. The fraction of sp³-hybridized carbons (Fsp3) is 0.400. The van der Waals surface area contributed by atoms with Gasteiger partial charge in [-0.15, -0.1) is 0 Å². The third kappa shape index (κ3) is 6.76. The molecule has 164 valence electrons. The number of benzene rings is 2. The predicted molar refractivity (Wildman–Crippen MR) is 121 cm³/mol. The molecule has 6 heteroatoms. The normalized spacial score (nSPS) is 14.7. The number of aryl methyl sites for hydroxylation is 2. The van der Waals surface area contributed by atoms with Crippen LogP contribution in [0.1, 0.15) is 35.1 Å². The predicted octanol–water partition coefficient (Wildman–Crippen LogP) is 2.33. The van der Waals surface area contributed by atoms with Crippen molar-refractivity contribution in [3.63, 3.8) is 0 Å². The molecular formula is C25H31N3O3. The van der Waals surface area contributed by atoms with Crippen LogP contribution in [0.3, 0.4) is 0 Å². The van der Waals surface area contributed by atoms with E-state index in [0.717, 1.165) is 24.2 Å². The summed E-state index contributed by atoms with van der Waals surface area (Å²) >= 11 is 0. The number of piperazine rings is 1. The van der Waals surface area contributed by atoms with Crippen LogP contribution >= 0.6 is 0 Å². The van der Waals surface area contributed by atoms with E-state index in [9.17, 15) is 14.4 Å². The maximum absolute atomic E-state index is 12.1. The lowest BCUT2D eigenvalue weighted by Crippen LogP contribution is -2.53. The van der Waals surface area contributed by atoms with Crippen LogP contribution in [-0.4, -0.2) is 60.7 Å². The van der Waals surface area contributed by atoms with Gasteiger partial charge in [0.15, 0.2) is 0 Å². The van der Waals surface area contributed by atoms with E-state index < -0.39 is 0 Å². The molecular weight excluding hydrogens is 390 g/mol. The molecule has 0 radical (unpaired) electrons. The molecule has 2 aromatic rings. The summed E-state index contributed by atoms with van der Waals surface area (Å²) in [7, 11) is 1.50. The van der Waals surface area contributed by atoms with Gasteiger partial charge in [-0.1, -0.05) is 48.5 Å². The van der Waals surface area contributed by atoms with E-state index in [-0.39, 0.29) is 30.8 Å². The topological polar surface area (TPSA) is 69.7 Å². The molecule has 3 amide bonds. The first kappa shape index (κ1) is 22.7. The SMILES string of the molecule is Cc1ccccc1Cc1ccc(CCCC(=O)NCCN2CC(=O)N(C)C(=O)C2)cc1. The number of rotatable bonds is 9. The monoisotopic (exact) mass is 421 g/mol. The van der Waals surface area contributed by atoms with Gasteiger partial charge in [0, 0.05) is 26.6 Å². The molecule has 1 heterocycles. The van der Waals surface area contributed by atoms with Gasteiger partial charge in [0.25, 0.3) is 0 Å². The van der Waals surface area contributed by atoms with E-state index in [0.29, 0.717) is 19.5 Å². The van der Waals surface area contributed by atoms with Crippen molar-refractivity contribution < 1.29 is 14.4 Å². The fourth-order valence-electron chi connectivity index (χ4n) is 3.69. The van der Waals surface area contributed by atoms with Crippen molar-refractivity contribution in [1.29, 1.82) is 0 Å². The van der Waals surface area contributed by atoms with Gasteiger partial charge in [-0.05, 0) is 48.4 Å². The molecule has 1 N–H and O–H groups in total. The minimum atomic E-state index is -0.201. The number of amides is 3. The zero-order valence-electron chi connectivity index (χ0n) is 18.4. The van der Waals surface area contributed by atoms with Crippen LogP contribution in [0.15, 0.2) is 48.5 Å². The van der Waals surface area contributed by atoms with Gasteiger partial charge in [-0.2, -0.15) is 0 Å². The largest absolute Gasteiger partial charge is 0.355 e. The summed E-state index contributed by atoms with van der Waals surface area (Å²) in [5.74, 6) is -0.400. The van der Waals surface area contributed by atoms with Crippen molar-refractivity contribution in [3.8, 4) is 0 Å². The average molecular weight is 422 g/mol. The minimum absolute atomic E-state index is 0.00273. The highest BCUT2D eigenvalue weighted by Crippen LogP contribution is 2.15. The number of hydrogen-bond acceptors (Lipinski definition) is 4. The molecule has 1 saturated heterocycles. The Labute approximate surface area is 184 Å². The Morgan fingerprint density at radius 3 is 2.29 bits per heavy atom. The molecule has 0 aliphatic carbocycles. The minimum Gasteiger partial charge on any atom is -0.355 e. The Kier molecular flexibility index (Phi) is 7.95. The quantitative estimate of drug-likeness (QED) is 0.631. The number of carbonyl (C=O) groups excluding carboxylic acids is 3. The van der Waals surface area contributed by atoms with Crippen LogP contribution in [0.25, 0.3) is 0 Å². The van der Waals surface area contributed by atoms with Gasteiger partial charge < -0.3 is 5.32 Å². The number of hydrogen-bond donors (Lipinski definition) is 1. The second-order valence-electron chi connectivity index (χ2n) is 8.18.